The summed E-state index contributed by atoms with van der Waals surface area (Å²) in [5, 5.41) is 3.80. The molecule has 0 aliphatic carbocycles. The molecule has 3 rings (SSSR count). The van der Waals surface area contributed by atoms with E-state index in [1.54, 1.807) is 6.92 Å². The Hall–Kier alpha value is -1.88. The summed E-state index contributed by atoms with van der Waals surface area (Å²) in [6.07, 6.45) is 1.20. The maximum absolute atomic E-state index is 12.6. The van der Waals surface area contributed by atoms with Gasteiger partial charge in [-0.05, 0) is 43.0 Å². The number of hydrogen-bond acceptors (Lipinski definition) is 3. The van der Waals surface area contributed by atoms with Crippen LogP contribution in [0.1, 0.15) is 30.9 Å². The zero-order valence-electron chi connectivity index (χ0n) is 15.6. The van der Waals surface area contributed by atoms with E-state index < -0.39 is 6.10 Å². The Kier molecular flexibility index (Phi) is 6.89. The number of amides is 1. The molecule has 1 aliphatic heterocycles. The van der Waals surface area contributed by atoms with E-state index in [0.717, 1.165) is 24.0 Å². The number of rotatable bonds is 7. The van der Waals surface area contributed by atoms with Gasteiger partial charge in [0.05, 0.1) is 6.61 Å². The first-order valence-electron chi connectivity index (χ1n) is 9.36. The Labute approximate surface area is 165 Å². The summed E-state index contributed by atoms with van der Waals surface area (Å²) in [6.45, 7) is 4.12. The van der Waals surface area contributed by atoms with Crippen molar-refractivity contribution in [2.45, 2.75) is 37.9 Å². The van der Waals surface area contributed by atoms with Crippen LogP contribution in [0, 0.1) is 0 Å². The molecular weight excluding hydrogens is 362 g/mol. The zero-order chi connectivity index (χ0) is 19.1. The average molecular weight is 388 g/mol. The Morgan fingerprint density at radius 2 is 1.93 bits per heavy atom. The molecule has 1 fully saturated rings. The number of carbonyl (C=O) groups excluding carboxylic acids is 1. The minimum Gasteiger partial charge on any atom is -0.381 e. The Bertz CT molecular complexity index is 744. The highest BCUT2D eigenvalue weighted by Gasteiger charge is 2.35. The van der Waals surface area contributed by atoms with Gasteiger partial charge in [-0.1, -0.05) is 54.1 Å². The highest BCUT2D eigenvalue weighted by molar-refractivity contribution is 6.30. The van der Waals surface area contributed by atoms with Crippen molar-refractivity contribution in [3.8, 4) is 0 Å². The predicted octanol–water partition coefficient (Wildman–Crippen LogP) is 4.11. The molecule has 1 aliphatic rings. The third-order valence-electron chi connectivity index (χ3n) is 5.20. The van der Waals surface area contributed by atoms with Crippen molar-refractivity contribution in [2.24, 2.45) is 0 Å². The summed E-state index contributed by atoms with van der Waals surface area (Å²) >= 11 is 6.20. The number of carbonyl (C=O) groups is 1. The summed E-state index contributed by atoms with van der Waals surface area (Å²) < 4.78 is 11.3. The van der Waals surface area contributed by atoms with Gasteiger partial charge in [-0.25, -0.2) is 0 Å². The summed E-state index contributed by atoms with van der Waals surface area (Å²) in [7, 11) is 0. The van der Waals surface area contributed by atoms with Gasteiger partial charge < -0.3 is 14.8 Å². The van der Waals surface area contributed by atoms with Crippen LogP contribution in [0.3, 0.4) is 0 Å². The Morgan fingerprint density at radius 3 is 2.63 bits per heavy atom. The molecule has 1 atom stereocenters. The molecule has 1 N–H and O–H groups in total. The van der Waals surface area contributed by atoms with Crippen LogP contribution in [0.15, 0.2) is 54.6 Å². The van der Waals surface area contributed by atoms with Gasteiger partial charge in [0.1, 0.15) is 6.10 Å². The van der Waals surface area contributed by atoms with Gasteiger partial charge in [0.15, 0.2) is 0 Å². The second-order valence-electron chi connectivity index (χ2n) is 7.06. The normalized spacial score (nSPS) is 17.3. The van der Waals surface area contributed by atoms with E-state index in [4.69, 9.17) is 21.1 Å². The summed E-state index contributed by atoms with van der Waals surface area (Å²) in [6, 6.07) is 17.8. The summed E-state index contributed by atoms with van der Waals surface area (Å²) in [5.41, 5.74) is 2.05. The van der Waals surface area contributed by atoms with Crippen molar-refractivity contribution in [2.75, 3.05) is 19.8 Å². The van der Waals surface area contributed by atoms with Crippen molar-refractivity contribution >= 4 is 17.5 Å². The lowest BCUT2D eigenvalue weighted by molar-refractivity contribution is -0.133. The van der Waals surface area contributed by atoms with Gasteiger partial charge in [0, 0.05) is 30.2 Å². The zero-order valence-corrected chi connectivity index (χ0v) is 16.4. The monoisotopic (exact) mass is 387 g/mol. The van der Waals surface area contributed by atoms with E-state index >= 15 is 0 Å². The molecule has 2 aromatic carbocycles. The fraction of sp³-hybridized carbons (Fsp3) is 0.409. The molecule has 0 aromatic heterocycles. The SMILES string of the molecule is CC(OCc1ccccc1)C(=O)NCC1(c2cccc(Cl)c2)CCOCC1. The van der Waals surface area contributed by atoms with E-state index in [2.05, 4.69) is 11.4 Å². The highest BCUT2D eigenvalue weighted by atomic mass is 35.5. The smallest absolute Gasteiger partial charge is 0.248 e. The largest absolute Gasteiger partial charge is 0.381 e. The standard InChI is InChI=1S/C22H26ClNO3/c1-17(27-15-18-6-3-2-4-7-18)21(25)24-16-22(10-12-26-13-11-22)19-8-5-9-20(23)14-19/h2-9,14,17H,10-13,15-16H2,1H3,(H,24,25). The van der Waals surface area contributed by atoms with Crippen LogP contribution in [0.4, 0.5) is 0 Å². The number of benzene rings is 2. The molecule has 144 valence electrons. The van der Waals surface area contributed by atoms with Gasteiger partial charge >= 0.3 is 0 Å². The molecule has 0 saturated carbocycles. The van der Waals surface area contributed by atoms with Gasteiger partial charge in [-0.3, -0.25) is 4.79 Å². The minimum atomic E-state index is -0.513. The number of ether oxygens (including phenoxy) is 2. The van der Waals surface area contributed by atoms with Crippen LogP contribution in [0.5, 0.6) is 0 Å². The van der Waals surface area contributed by atoms with Crippen LogP contribution in [-0.4, -0.2) is 31.8 Å². The molecule has 5 heteroatoms. The molecule has 1 amide bonds. The first-order chi connectivity index (χ1) is 13.1. The molecule has 1 heterocycles. The van der Waals surface area contributed by atoms with Gasteiger partial charge in [-0.2, -0.15) is 0 Å². The average Bonchev–Trinajstić information content (AvgIpc) is 2.71. The van der Waals surface area contributed by atoms with Crippen molar-refractivity contribution in [1.29, 1.82) is 0 Å². The maximum Gasteiger partial charge on any atom is 0.248 e. The molecule has 27 heavy (non-hydrogen) atoms. The third-order valence-corrected chi connectivity index (χ3v) is 5.44. The molecule has 1 unspecified atom stereocenters. The molecule has 1 saturated heterocycles. The van der Waals surface area contributed by atoms with E-state index in [-0.39, 0.29) is 11.3 Å². The van der Waals surface area contributed by atoms with Crippen LogP contribution >= 0.6 is 11.6 Å². The maximum atomic E-state index is 12.6. The van der Waals surface area contributed by atoms with Crippen molar-refractivity contribution < 1.29 is 14.3 Å². The predicted molar refractivity (Wildman–Crippen MR) is 107 cm³/mol. The minimum absolute atomic E-state index is 0.0983. The van der Waals surface area contributed by atoms with Gasteiger partial charge in [0.25, 0.3) is 0 Å². The molecule has 4 nitrogen and oxygen atoms in total. The van der Waals surface area contributed by atoms with Gasteiger partial charge in [-0.15, -0.1) is 0 Å². The molecule has 0 spiro atoms. The highest BCUT2D eigenvalue weighted by Crippen LogP contribution is 2.35. The van der Waals surface area contributed by atoms with Crippen LogP contribution in [0.25, 0.3) is 0 Å². The molecule has 0 radical (unpaired) electrons. The molecule has 0 bridgehead atoms. The molecular formula is C22H26ClNO3. The van der Waals surface area contributed by atoms with Crippen molar-refractivity contribution in [3.63, 3.8) is 0 Å². The van der Waals surface area contributed by atoms with Gasteiger partial charge in [0.2, 0.25) is 5.91 Å². The van der Waals surface area contributed by atoms with Crippen molar-refractivity contribution in [1.82, 2.24) is 5.32 Å². The lowest BCUT2D eigenvalue weighted by atomic mass is 9.74. The summed E-state index contributed by atoms with van der Waals surface area (Å²) in [4.78, 5) is 12.6. The van der Waals surface area contributed by atoms with E-state index in [1.807, 2.05) is 48.5 Å². The second kappa shape index (κ2) is 9.36. The lowest BCUT2D eigenvalue weighted by Crippen LogP contribution is -2.47. The summed E-state index contributed by atoms with van der Waals surface area (Å²) in [5.74, 6) is -0.0983. The van der Waals surface area contributed by atoms with E-state index in [1.165, 1.54) is 0 Å². The third kappa shape index (κ3) is 5.32. The Balaban J connectivity index is 1.60. The van der Waals surface area contributed by atoms with Crippen LogP contribution in [0.2, 0.25) is 5.02 Å². The quantitative estimate of drug-likeness (QED) is 0.777. The number of hydrogen-bond donors (Lipinski definition) is 1. The topological polar surface area (TPSA) is 47.6 Å². The fourth-order valence-corrected chi connectivity index (χ4v) is 3.61. The molecule has 2 aromatic rings. The lowest BCUT2D eigenvalue weighted by Gasteiger charge is -2.38. The van der Waals surface area contributed by atoms with E-state index in [9.17, 15) is 4.79 Å². The van der Waals surface area contributed by atoms with Crippen molar-refractivity contribution in [3.05, 3.63) is 70.7 Å². The first kappa shape index (κ1) is 19.9. The second-order valence-corrected chi connectivity index (χ2v) is 7.50. The number of nitrogens with one attached hydrogen (secondary N) is 1. The number of halogens is 1. The Morgan fingerprint density at radius 1 is 1.19 bits per heavy atom. The van der Waals surface area contributed by atoms with Crippen LogP contribution < -0.4 is 5.32 Å². The van der Waals surface area contributed by atoms with E-state index in [0.29, 0.717) is 31.4 Å². The van der Waals surface area contributed by atoms with Crippen LogP contribution in [-0.2, 0) is 26.3 Å². The fourth-order valence-electron chi connectivity index (χ4n) is 3.42. The first-order valence-corrected chi connectivity index (χ1v) is 9.74.